The van der Waals surface area contributed by atoms with Gasteiger partial charge in [-0.1, -0.05) is 44.2 Å². The minimum Gasteiger partial charge on any atom is -0.347 e. The molecule has 3 atom stereocenters. The smallest absolute Gasteiger partial charge is 0.229 e. The van der Waals surface area contributed by atoms with Crippen LogP contribution in [0.1, 0.15) is 51.5 Å². The molecule has 1 aromatic carbocycles. The largest absolute Gasteiger partial charge is 0.347 e. The number of rotatable bonds is 6. The van der Waals surface area contributed by atoms with Gasteiger partial charge in [0.25, 0.3) is 0 Å². The second-order valence-electron chi connectivity index (χ2n) is 7.79. The third-order valence-corrected chi connectivity index (χ3v) is 6.40. The summed E-state index contributed by atoms with van der Waals surface area (Å²) in [6, 6.07) is 10.5. The lowest BCUT2D eigenvalue weighted by Crippen LogP contribution is -2.59. The maximum absolute atomic E-state index is 13.2. The number of nitrogens with zero attached hydrogens (tertiary/aromatic N) is 2. The summed E-state index contributed by atoms with van der Waals surface area (Å²) in [5.41, 5.74) is 1.07. The molecule has 3 unspecified atom stereocenters. The van der Waals surface area contributed by atoms with Crippen LogP contribution in [-0.4, -0.2) is 66.9 Å². The highest BCUT2D eigenvalue weighted by Crippen LogP contribution is 2.39. The Morgan fingerprint density at radius 3 is 2.37 bits per heavy atom. The van der Waals surface area contributed by atoms with Crippen molar-refractivity contribution >= 4 is 5.91 Å². The van der Waals surface area contributed by atoms with Crippen LogP contribution >= 0.6 is 0 Å². The number of amides is 1. The van der Waals surface area contributed by atoms with Crippen LogP contribution in [0.5, 0.6) is 0 Å². The zero-order valence-corrected chi connectivity index (χ0v) is 17.2. The van der Waals surface area contributed by atoms with Crippen LogP contribution in [0.2, 0.25) is 0 Å². The molecule has 0 N–H and O–H groups in total. The molecule has 3 rings (SSSR count). The Morgan fingerprint density at radius 2 is 1.78 bits per heavy atom. The Balaban J connectivity index is 1.78. The molecule has 2 fully saturated rings. The molecule has 150 valence electrons. The molecule has 5 nitrogen and oxygen atoms in total. The summed E-state index contributed by atoms with van der Waals surface area (Å²) in [6.07, 6.45) is 2.59. The van der Waals surface area contributed by atoms with Crippen molar-refractivity contribution in [1.29, 1.82) is 0 Å². The molecule has 1 heterocycles. The van der Waals surface area contributed by atoms with Crippen LogP contribution < -0.4 is 0 Å². The summed E-state index contributed by atoms with van der Waals surface area (Å²) in [5.74, 6) is -0.394. The molecule has 0 radical (unpaired) electrons. The summed E-state index contributed by atoms with van der Waals surface area (Å²) < 4.78 is 12.0. The molecule has 2 aliphatic rings. The quantitative estimate of drug-likeness (QED) is 0.766. The molecular weight excluding hydrogens is 340 g/mol. The summed E-state index contributed by atoms with van der Waals surface area (Å²) in [5, 5.41) is 0. The van der Waals surface area contributed by atoms with Gasteiger partial charge in [-0.05, 0) is 32.0 Å². The average molecular weight is 375 g/mol. The summed E-state index contributed by atoms with van der Waals surface area (Å²) in [4.78, 5) is 17.7. The van der Waals surface area contributed by atoms with E-state index in [0.29, 0.717) is 13.2 Å². The molecule has 1 aromatic rings. The summed E-state index contributed by atoms with van der Waals surface area (Å²) >= 11 is 0. The zero-order chi connectivity index (χ0) is 19.4. The van der Waals surface area contributed by atoms with Crippen molar-refractivity contribution < 1.29 is 14.3 Å². The third kappa shape index (κ3) is 4.20. The Morgan fingerprint density at radius 1 is 1.15 bits per heavy atom. The van der Waals surface area contributed by atoms with Gasteiger partial charge in [0.1, 0.15) is 0 Å². The minimum absolute atomic E-state index is 0.136. The van der Waals surface area contributed by atoms with Crippen LogP contribution in [0, 0.1) is 0 Å². The van der Waals surface area contributed by atoms with Crippen molar-refractivity contribution in [3.8, 4) is 0 Å². The topological polar surface area (TPSA) is 42.0 Å². The maximum Gasteiger partial charge on any atom is 0.229 e. The first-order valence-corrected chi connectivity index (χ1v) is 10.3. The average Bonchev–Trinajstić information content (AvgIpc) is 3.16. The molecule has 0 aromatic heterocycles. The fourth-order valence-corrected chi connectivity index (χ4v) is 4.75. The third-order valence-electron chi connectivity index (χ3n) is 6.40. The first kappa shape index (κ1) is 20.3. The molecule has 27 heavy (non-hydrogen) atoms. The van der Waals surface area contributed by atoms with Gasteiger partial charge < -0.3 is 14.4 Å². The van der Waals surface area contributed by atoms with Crippen LogP contribution in [0.25, 0.3) is 0 Å². The fourth-order valence-electron chi connectivity index (χ4n) is 4.75. The van der Waals surface area contributed by atoms with Gasteiger partial charge in [-0.15, -0.1) is 0 Å². The number of hydrogen-bond donors (Lipinski definition) is 0. The number of likely N-dealkylation sites (N-methyl/N-ethyl adjacent to an activating group) is 2. The van der Waals surface area contributed by atoms with E-state index >= 15 is 0 Å². The summed E-state index contributed by atoms with van der Waals surface area (Å²) in [6.45, 7) is 9.66. The van der Waals surface area contributed by atoms with E-state index in [2.05, 4.69) is 18.7 Å². The number of carbonyl (C=O) groups is 1. The molecular formula is C22H34N2O3. The van der Waals surface area contributed by atoms with Crippen LogP contribution in [0.4, 0.5) is 0 Å². The number of ether oxygens (including phenoxy) is 2. The minimum atomic E-state index is -0.446. The lowest BCUT2D eigenvalue weighted by atomic mass is 9.83. The van der Waals surface area contributed by atoms with Crippen molar-refractivity contribution in [1.82, 2.24) is 9.80 Å². The molecule has 1 saturated heterocycles. The van der Waals surface area contributed by atoms with E-state index in [1.807, 2.05) is 49.2 Å². The molecule has 1 spiro atoms. The Hall–Kier alpha value is -1.43. The van der Waals surface area contributed by atoms with E-state index in [-0.39, 0.29) is 23.9 Å². The summed E-state index contributed by atoms with van der Waals surface area (Å²) in [7, 11) is 1.97. The van der Waals surface area contributed by atoms with E-state index in [1.165, 1.54) is 0 Å². The maximum atomic E-state index is 13.2. The first-order chi connectivity index (χ1) is 13.0. The fraction of sp³-hybridized carbons (Fsp3) is 0.682. The first-order valence-electron chi connectivity index (χ1n) is 10.3. The van der Waals surface area contributed by atoms with Crippen molar-refractivity contribution in [2.24, 2.45) is 0 Å². The van der Waals surface area contributed by atoms with Gasteiger partial charge in [0.15, 0.2) is 5.79 Å². The molecule has 1 aliphatic carbocycles. The Bertz CT molecular complexity index is 611. The standard InChI is InChI=1S/C22H34N2O3/c1-5-24(6-2)20-16-22(26-14-15-27-22)13-12-19(20)23(4)21(25)17(3)18-10-8-7-9-11-18/h7-11,17,19-20H,5-6,12-16H2,1-4H3. The highest BCUT2D eigenvalue weighted by atomic mass is 16.7. The van der Waals surface area contributed by atoms with Gasteiger partial charge in [0.05, 0.1) is 19.1 Å². The van der Waals surface area contributed by atoms with E-state index in [1.54, 1.807) is 0 Å². The molecule has 0 bridgehead atoms. The zero-order valence-electron chi connectivity index (χ0n) is 17.2. The predicted molar refractivity (Wildman–Crippen MR) is 107 cm³/mol. The van der Waals surface area contributed by atoms with Gasteiger partial charge in [0, 0.05) is 32.0 Å². The van der Waals surface area contributed by atoms with E-state index < -0.39 is 5.79 Å². The van der Waals surface area contributed by atoms with Gasteiger partial charge in [0.2, 0.25) is 5.91 Å². The SMILES string of the molecule is CCN(CC)C1CC2(CCC1N(C)C(=O)C(C)c1ccccc1)OCCO2. The van der Waals surface area contributed by atoms with Gasteiger partial charge >= 0.3 is 0 Å². The highest BCUT2D eigenvalue weighted by molar-refractivity contribution is 5.83. The van der Waals surface area contributed by atoms with E-state index in [4.69, 9.17) is 9.47 Å². The highest BCUT2D eigenvalue weighted by Gasteiger charge is 2.48. The Kier molecular flexibility index (Phi) is 6.56. The van der Waals surface area contributed by atoms with Crippen molar-refractivity contribution in [2.45, 2.75) is 63.8 Å². The second-order valence-corrected chi connectivity index (χ2v) is 7.79. The van der Waals surface area contributed by atoms with Gasteiger partial charge in [-0.25, -0.2) is 0 Å². The van der Waals surface area contributed by atoms with Crippen LogP contribution in [0.15, 0.2) is 30.3 Å². The number of benzene rings is 1. The van der Waals surface area contributed by atoms with Crippen molar-refractivity contribution in [3.63, 3.8) is 0 Å². The monoisotopic (exact) mass is 374 g/mol. The van der Waals surface area contributed by atoms with Crippen molar-refractivity contribution in [2.75, 3.05) is 33.4 Å². The molecule has 5 heteroatoms. The molecule has 1 aliphatic heterocycles. The van der Waals surface area contributed by atoms with E-state index in [9.17, 15) is 4.79 Å². The lowest BCUT2D eigenvalue weighted by Gasteiger charge is -2.48. The Labute approximate surface area is 163 Å². The number of carbonyl (C=O) groups excluding carboxylic acids is 1. The second kappa shape index (κ2) is 8.72. The van der Waals surface area contributed by atoms with Crippen LogP contribution in [0.3, 0.4) is 0 Å². The van der Waals surface area contributed by atoms with Gasteiger partial charge in [-0.3, -0.25) is 9.69 Å². The van der Waals surface area contributed by atoms with Crippen molar-refractivity contribution in [3.05, 3.63) is 35.9 Å². The van der Waals surface area contributed by atoms with Gasteiger partial charge in [-0.2, -0.15) is 0 Å². The van der Waals surface area contributed by atoms with Crippen LogP contribution in [-0.2, 0) is 14.3 Å². The molecule has 1 saturated carbocycles. The molecule has 1 amide bonds. The lowest BCUT2D eigenvalue weighted by molar-refractivity contribution is -0.199. The predicted octanol–water partition coefficient (Wildman–Crippen LogP) is 3.25. The normalized spacial score (nSPS) is 25.7. The van der Waals surface area contributed by atoms with E-state index in [0.717, 1.165) is 37.9 Å². The number of hydrogen-bond acceptors (Lipinski definition) is 4.